The van der Waals surface area contributed by atoms with Crippen LogP contribution in [0.15, 0.2) is 36.4 Å². The van der Waals surface area contributed by atoms with Crippen LogP contribution in [0.4, 0.5) is 5.69 Å². The molecule has 1 fully saturated rings. The Labute approximate surface area is 168 Å². The first-order valence-corrected chi connectivity index (χ1v) is 10.2. The van der Waals surface area contributed by atoms with Crippen LogP contribution in [-0.2, 0) is 11.3 Å². The first-order valence-electron chi connectivity index (χ1n) is 9.35. The second-order valence-corrected chi connectivity index (χ2v) is 8.25. The van der Waals surface area contributed by atoms with Gasteiger partial charge >= 0.3 is 0 Å². The second-order valence-electron chi connectivity index (χ2n) is 6.99. The van der Waals surface area contributed by atoms with Gasteiger partial charge in [0, 0.05) is 38.3 Å². The molecule has 0 N–H and O–H groups in total. The van der Waals surface area contributed by atoms with Crippen LogP contribution < -0.4 is 0 Å². The average Bonchev–Trinajstić information content (AvgIpc) is 3.09. The zero-order valence-corrected chi connectivity index (χ0v) is 17.0. The molecule has 0 saturated carbocycles. The molecule has 1 aliphatic heterocycles. The summed E-state index contributed by atoms with van der Waals surface area (Å²) >= 11 is 1.19. The molecule has 1 amide bonds. The zero-order valence-electron chi connectivity index (χ0n) is 16.2. The number of rotatable bonds is 7. The summed E-state index contributed by atoms with van der Waals surface area (Å²) in [6.07, 6.45) is 0. The average molecular weight is 404 g/mol. The van der Waals surface area contributed by atoms with Gasteiger partial charge in [-0.2, -0.15) is 0 Å². The first-order chi connectivity index (χ1) is 13.5. The van der Waals surface area contributed by atoms with Gasteiger partial charge in [-0.3, -0.25) is 19.8 Å². The fourth-order valence-corrected chi connectivity index (χ4v) is 4.31. The summed E-state index contributed by atoms with van der Waals surface area (Å²) in [5.41, 5.74) is 1.04. The van der Waals surface area contributed by atoms with Crippen LogP contribution in [0.1, 0.15) is 27.0 Å². The van der Waals surface area contributed by atoms with Crippen molar-refractivity contribution < 1.29 is 14.5 Å². The van der Waals surface area contributed by atoms with Gasteiger partial charge < -0.3 is 9.64 Å². The topological polar surface area (TPSA) is 75.9 Å². The summed E-state index contributed by atoms with van der Waals surface area (Å²) < 4.78 is 5.41. The molecule has 0 bridgehead atoms. The number of nitro groups is 1. The minimum absolute atomic E-state index is 0.00819. The summed E-state index contributed by atoms with van der Waals surface area (Å²) in [6, 6.07) is 11.2. The third kappa shape index (κ3) is 4.95. The van der Waals surface area contributed by atoms with Crippen molar-refractivity contribution in [1.29, 1.82) is 0 Å². The van der Waals surface area contributed by atoms with Gasteiger partial charge in [0.05, 0.1) is 27.9 Å². The van der Waals surface area contributed by atoms with E-state index in [0.29, 0.717) is 29.5 Å². The molecule has 2 heterocycles. The number of nitrogens with zero attached hydrogens (tertiary/aromatic N) is 3. The maximum atomic E-state index is 13.3. The van der Waals surface area contributed by atoms with E-state index in [4.69, 9.17) is 4.74 Å². The predicted octanol–water partition coefficient (Wildman–Crippen LogP) is 3.33. The number of carbonyl (C=O) groups excluding carboxylic acids is 1. The number of aryl methyl sites for hydroxylation is 1. The zero-order chi connectivity index (χ0) is 20.1. The number of carbonyl (C=O) groups is 1. The molecule has 2 aromatic rings. The van der Waals surface area contributed by atoms with Crippen LogP contribution in [0.25, 0.3) is 0 Å². The fraction of sp³-hybridized carbons (Fsp3) is 0.450. The number of amides is 1. The highest BCUT2D eigenvalue weighted by Crippen LogP contribution is 2.30. The van der Waals surface area contributed by atoms with Crippen molar-refractivity contribution in [2.45, 2.75) is 26.4 Å². The number of benzene rings is 1. The lowest BCUT2D eigenvalue weighted by Gasteiger charge is -2.35. The molecular weight excluding hydrogens is 378 g/mol. The van der Waals surface area contributed by atoms with E-state index in [1.165, 1.54) is 17.4 Å². The summed E-state index contributed by atoms with van der Waals surface area (Å²) in [6.45, 7) is 8.03. The van der Waals surface area contributed by atoms with E-state index in [0.717, 1.165) is 25.2 Å². The highest BCUT2D eigenvalue weighted by molar-refractivity contribution is 7.14. The van der Waals surface area contributed by atoms with Crippen molar-refractivity contribution in [2.24, 2.45) is 0 Å². The highest BCUT2D eigenvalue weighted by atomic mass is 32.1. The van der Waals surface area contributed by atoms with E-state index < -0.39 is 4.92 Å². The van der Waals surface area contributed by atoms with Crippen molar-refractivity contribution >= 4 is 22.9 Å². The Morgan fingerprint density at radius 2 is 2.00 bits per heavy atom. The maximum Gasteiger partial charge on any atom is 0.283 e. The number of hydrogen-bond acceptors (Lipinski definition) is 6. The predicted molar refractivity (Wildman–Crippen MR) is 109 cm³/mol. The number of ether oxygens (including phenoxy) is 1. The Morgan fingerprint density at radius 3 is 2.61 bits per heavy atom. The Bertz CT molecular complexity index is 818. The van der Waals surface area contributed by atoms with Gasteiger partial charge in [0.15, 0.2) is 0 Å². The molecule has 3 rings (SSSR count). The van der Waals surface area contributed by atoms with E-state index in [2.05, 4.69) is 4.90 Å². The van der Waals surface area contributed by atoms with E-state index in [9.17, 15) is 14.9 Å². The lowest BCUT2D eigenvalue weighted by molar-refractivity contribution is -0.385. The number of morpholine rings is 1. The third-order valence-electron chi connectivity index (χ3n) is 4.91. The number of hydrogen-bond donors (Lipinski definition) is 0. The minimum Gasteiger partial charge on any atom is -0.379 e. The summed E-state index contributed by atoms with van der Waals surface area (Å²) in [5.74, 6) is -0.161. The van der Waals surface area contributed by atoms with Crippen LogP contribution in [0.5, 0.6) is 0 Å². The quantitative estimate of drug-likeness (QED) is 0.524. The summed E-state index contributed by atoms with van der Waals surface area (Å²) in [5, 5.41) is 11.2. The third-order valence-corrected chi connectivity index (χ3v) is 5.94. The van der Waals surface area contributed by atoms with Gasteiger partial charge in [-0.05, 0) is 19.4 Å². The van der Waals surface area contributed by atoms with Crippen molar-refractivity contribution in [3.8, 4) is 0 Å². The Kier molecular flexibility index (Phi) is 6.77. The molecule has 28 heavy (non-hydrogen) atoms. The standard InChI is InChI=1S/C20H25N3O4S/c1-15(13-21-8-10-27-11-9-21)22(14-17-6-4-3-5-7-17)20(24)19-12-18(23(25)26)16(2)28-19/h3-7,12,15H,8-11,13-14H2,1-2H3. The van der Waals surface area contributed by atoms with Crippen LogP contribution in [0.2, 0.25) is 0 Å². The molecule has 1 unspecified atom stereocenters. The SMILES string of the molecule is Cc1sc(C(=O)N(Cc2ccccc2)C(C)CN2CCOCC2)cc1[N+](=O)[O-]. The van der Waals surface area contributed by atoms with Gasteiger partial charge in [0.25, 0.3) is 11.6 Å². The molecule has 1 aromatic heterocycles. The Morgan fingerprint density at radius 1 is 1.32 bits per heavy atom. The van der Waals surface area contributed by atoms with E-state index in [1.807, 2.05) is 42.2 Å². The molecule has 1 atom stereocenters. The molecular formula is C20H25N3O4S. The van der Waals surface area contributed by atoms with Gasteiger partial charge in [-0.25, -0.2) is 0 Å². The Hall–Kier alpha value is -2.29. The van der Waals surface area contributed by atoms with E-state index in [-0.39, 0.29) is 17.6 Å². The molecule has 7 nitrogen and oxygen atoms in total. The first kappa shape index (κ1) is 20.4. The molecule has 8 heteroatoms. The molecule has 150 valence electrons. The largest absolute Gasteiger partial charge is 0.379 e. The van der Waals surface area contributed by atoms with Crippen molar-refractivity contribution in [1.82, 2.24) is 9.80 Å². The lowest BCUT2D eigenvalue weighted by atomic mass is 10.1. The smallest absolute Gasteiger partial charge is 0.283 e. The van der Waals surface area contributed by atoms with Crippen molar-refractivity contribution in [3.63, 3.8) is 0 Å². The molecule has 0 spiro atoms. The van der Waals surface area contributed by atoms with Crippen molar-refractivity contribution in [3.05, 3.63) is 61.8 Å². The minimum atomic E-state index is -0.429. The monoisotopic (exact) mass is 403 g/mol. The molecule has 0 aliphatic carbocycles. The van der Waals surface area contributed by atoms with Crippen LogP contribution in [0.3, 0.4) is 0 Å². The van der Waals surface area contributed by atoms with Gasteiger partial charge in [-0.15, -0.1) is 11.3 Å². The van der Waals surface area contributed by atoms with E-state index >= 15 is 0 Å². The lowest BCUT2D eigenvalue weighted by Crippen LogP contribution is -2.47. The molecule has 1 aliphatic rings. The summed E-state index contributed by atoms with van der Waals surface area (Å²) in [7, 11) is 0. The normalized spacial score (nSPS) is 15.9. The van der Waals surface area contributed by atoms with E-state index in [1.54, 1.807) is 6.92 Å². The highest BCUT2D eigenvalue weighted by Gasteiger charge is 2.28. The second kappa shape index (κ2) is 9.27. The van der Waals surface area contributed by atoms with Crippen molar-refractivity contribution in [2.75, 3.05) is 32.8 Å². The molecule has 0 radical (unpaired) electrons. The number of thiophene rings is 1. The maximum absolute atomic E-state index is 13.3. The van der Waals surface area contributed by atoms with Gasteiger partial charge in [0.1, 0.15) is 0 Å². The molecule has 1 aromatic carbocycles. The van der Waals surface area contributed by atoms with Gasteiger partial charge in [0.2, 0.25) is 0 Å². The summed E-state index contributed by atoms with van der Waals surface area (Å²) in [4.78, 5) is 29.1. The Balaban J connectivity index is 1.82. The van der Waals surface area contributed by atoms with Crippen LogP contribution in [-0.4, -0.2) is 59.5 Å². The van der Waals surface area contributed by atoms with Gasteiger partial charge in [-0.1, -0.05) is 30.3 Å². The van der Waals surface area contributed by atoms with Crippen LogP contribution >= 0.6 is 11.3 Å². The fourth-order valence-electron chi connectivity index (χ4n) is 3.36. The molecule has 1 saturated heterocycles. The van der Waals surface area contributed by atoms with Crippen LogP contribution in [0, 0.1) is 17.0 Å².